The molecule has 5 heteroatoms. The van der Waals surface area contributed by atoms with Crippen LogP contribution in [0, 0.1) is 0 Å². The Kier molecular flexibility index (Phi) is 6.77. The molecule has 0 N–H and O–H groups in total. The van der Waals surface area contributed by atoms with Gasteiger partial charge in [0.15, 0.2) is 5.65 Å². The monoisotopic (exact) mass is 744 g/mol. The number of para-hydroxylation sites is 3. The van der Waals surface area contributed by atoms with Crippen molar-refractivity contribution in [1.29, 1.82) is 0 Å². The molecule has 0 saturated heterocycles. The van der Waals surface area contributed by atoms with Crippen molar-refractivity contribution in [1.82, 2.24) is 14.0 Å². The molecule has 58 heavy (non-hydrogen) atoms. The van der Waals surface area contributed by atoms with E-state index in [-0.39, 0.29) is 11.1 Å². The first-order chi connectivity index (χ1) is 28.5. The first-order valence-corrected chi connectivity index (χ1v) is 19.8. The van der Waals surface area contributed by atoms with Crippen LogP contribution in [0.15, 0.2) is 187 Å². The number of hydrogen-bond acceptors (Lipinski definition) is 3. The summed E-state index contributed by atoms with van der Waals surface area (Å²) in [6, 6.07) is 64.3. The van der Waals surface area contributed by atoms with Gasteiger partial charge in [0.1, 0.15) is 0 Å². The van der Waals surface area contributed by atoms with Crippen LogP contribution in [0.5, 0.6) is 0 Å². The predicted molar refractivity (Wildman–Crippen MR) is 241 cm³/mol. The molecule has 2 heterocycles. The van der Waals surface area contributed by atoms with Gasteiger partial charge in [-0.1, -0.05) is 129 Å². The highest BCUT2D eigenvalue weighted by Crippen LogP contribution is 2.51. The van der Waals surface area contributed by atoms with Crippen molar-refractivity contribution in [3.05, 3.63) is 204 Å². The van der Waals surface area contributed by atoms with Gasteiger partial charge in [-0.05, 0) is 121 Å². The van der Waals surface area contributed by atoms with E-state index in [1.54, 1.807) is 4.40 Å². The number of anilines is 3. The Morgan fingerprint density at radius 2 is 1.02 bits per heavy atom. The average molecular weight is 745 g/mol. The number of rotatable bonds is 4. The summed E-state index contributed by atoms with van der Waals surface area (Å²) >= 11 is 0. The lowest BCUT2D eigenvalue weighted by atomic mass is 9.82. The summed E-state index contributed by atoms with van der Waals surface area (Å²) in [5, 5.41) is 8.26. The van der Waals surface area contributed by atoms with Crippen LogP contribution in [-0.2, 0) is 5.41 Å². The maximum atomic E-state index is 14.5. The minimum Gasteiger partial charge on any atom is -0.310 e. The summed E-state index contributed by atoms with van der Waals surface area (Å²) in [6.45, 7) is 4.65. The molecule has 0 bridgehead atoms. The highest BCUT2D eigenvalue weighted by Gasteiger charge is 2.35. The van der Waals surface area contributed by atoms with Crippen LogP contribution in [0.3, 0.4) is 0 Å². The topological polar surface area (TPSA) is 42.5 Å². The summed E-state index contributed by atoms with van der Waals surface area (Å²) < 4.78 is 3.58. The van der Waals surface area contributed by atoms with Gasteiger partial charge >= 0.3 is 5.69 Å². The highest BCUT2D eigenvalue weighted by molar-refractivity contribution is 6.25. The fourth-order valence-electron chi connectivity index (χ4n) is 9.80. The van der Waals surface area contributed by atoms with E-state index in [9.17, 15) is 4.79 Å². The molecule has 2 aromatic heterocycles. The van der Waals surface area contributed by atoms with Crippen molar-refractivity contribution < 1.29 is 0 Å². The van der Waals surface area contributed by atoms with Gasteiger partial charge in [0.25, 0.3) is 0 Å². The van der Waals surface area contributed by atoms with Crippen LogP contribution in [0.4, 0.5) is 17.1 Å². The van der Waals surface area contributed by atoms with Crippen molar-refractivity contribution in [2.75, 3.05) is 4.90 Å². The zero-order valence-corrected chi connectivity index (χ0v) is 32.0. The van der Waals surface area contributed by atoms with Gasteiger partial charge in [-0.25, -0.2) is 14.2 Å². The third-order valence-corrected chi connectivity index (χ3v) is 12.5. The van der Waals surface area contributed by atoms with Crippen LogP contribution in [0.25, 0.3) is 76.7 Å². The molecule has 0 radical (unpaired) electrons. The van der Waals surface area contributed by atoms with Crippen molar-refractivity contribution >= 4 is 77.0 Å². The maximum Gasteiger partial charge on any atom is 0.339 e. The average Bonchev–Trinajstić information content (AvgIpc) is 3.77. The molecule has 12 rings (SSSR count). The molecule has 9 aromatic carbocycles. The number of imidazole rings is 1. The third kappa shape index (κ3) is 4.53. The molecular formula is C53H36N4O. The van der Waals surface area contributed by atoms with Crippen LogP contribution < -0.4 is 10.6 Å². The number of benzene rings is 9. The van der Waals surface area contributed by atoms with E-state index in [0.29, 0.717) is 5.65 Å². The Hall–Kier alpha value is -7.50. The molecule has 5 nitrogen and oxygen atoms in total. The van der Waals surface area contributed by atoms with E-state index >= 15 is 0 Å². The van der Waals surface area contributed by atoms with Gasteiger partial charge in [0, 0.05) is 27.9 Å². The molecule has 0 spiro atoms. The van der Waals surface area contributed by atoms with Crippen LogP contribution in [-0.4, -0.2) is 14.0 Å². The Bertz CT molecular complexity index is 3540. The molecule has 1 aliphatic carbocycles. The Morgan fingerprint density at radius 3 is 1.78 bits per heavy atom. The fourth-order valence-corrected chi connectivity index (χ4v) is 9.80. The van der Waals surface area contributed by atoms with E-state index in [1.165, 1.54) is 54.6 Å². The molecular weight excluding hydrogens is 709 g/mol. The first-order valence-electron chi connectivity index (χ1n) is 19.8. The summed E-state index contributed by atoms with van der Waals surface area (Å²) in [5.74, 6) is 0. The molecule has 0 amide bonds. The zero-order valence-electron chi connectivity index (χ0n) is 32.0. The van der Waals surface area contributed by atoms with Crippen LogP contribution in [0.1, 0.15) is 25.0 Å². The van der Waals surface area contributed by atoms with E-state index in [1.807, 2.05) is 59.2 Å². The molecule has 0 unspecified atom stereocenters. The second-order valence-electron chi connectivity index (χ2n) is 16.0. The number of aromatic nitrogens is 3. The van der Waals surface area contributed by atoms with E-state index in [0.717, 1.165) is 44.7 Å². The van der Waals surface area contributed by atoms with Crippen molar-refractivity contribution in [2.45, 2.75) is 19.3 Å². The molecule has 1 aliphatic rings. The maximum absolute atomic E-state index is 14.5. The molecule has 274 valence electrons. The largest absolute Gasteiger partial charge is 0.339 e. The number of hydrogen-bond donors (Lipinski definition) is 0. The quantitative estimate of drug-likeness (QED) is 0.169. The van der Waals surface area contributed by atoms with Gasteiger partial charge in [-0.15, -0.1) is 0 Å². The molecule has 0 atom stereocenters. The van der Waals surface area contributed by atoms with Gasteiger partial charge < -0.3 is 4.90 Å². The van der Waals surface area contributed by atoms with Gasteiger partial charge in [-0.3, -0.25) is 4.57 Å². The Labute approximate surface area is 334 Å². The minimum atomic E-state index is -0.152. The summed E-state index contributed by atoms with van der Waals surface area (Å²) in [7, 11) is 0. The Morgan fingerprint density at radius 1 is 0.466 bits per heavy atom. The van der Waals surface area contributed by atoms with E-state index in [2.05, 4.69) is 146 Å². The molecule has 0 fully saturated rings. The van der Waals surface area contributed by atoms with Crippen LogP contribution >= 0.6 is 0 Å². The predicted octanol–water partition coefficient (Wildman–Crippen LogP) is 13.0. The fraction of sp³-hybridized carbons (Fsp3) is 0.0566. The SMILES string of the molecule is CC1(C)c2ccccc2-c2cc(N(c3ccc4c5ccccc5c5ccccc5c4c3)c3ccc4c(c3)c3nc5ccccc5n3c(=O)n4-c3ccccc3)ccc21. The summed E-state index contributed by atoms with van der Waals surface area (Å²) in [5.41, 5.74) is 11.8. The van der Waals surface area contributed by atoms with Crippen LogP contribution in [0.2, 0.25) is 0 Å². The second-order valence-corrected chi connectivity index (χ2v) is 16.0. The molecule has 0 aliphatic heterocycles. The number of nitrogens with zero attached hydrogens (tertiary/aromatic N) is 4. The molecule has 0 saturated carbocycles. The van der Waals surface area contributed by atoms with Gasteiger partial charge in [0.2, 0.25) is 0 Å². The lowest BCUT2D eigenvalue weighted by Crippen LogP contribution is -2.26. The highest BCUT2D eigenvalue weighted by atomic mass is 16.1. The zero-order chi connectivity index (χ0) is 38.7. The third-order valence-electron chi connectivity index (χ3n) is 12.5. The smallest absolute Gasteiger partial charge is 0.310 e. The number of fused-ring (bicyclic) bond motifs is 14. The lowest BCUT2D eigenvalue weighted by Gasteiger charge is -2.28. The van der Waals surface area contributed by atoms with Crippen molar-refractivity contribution in [2.24, 2.45) is 0 Å². The van der Waals surface area contributed by atoms with Gasteiger partial charge in [0.05, 0.1) is 22.2 Å². The van der Waals surface area contributed by atoms with E-state index < -0.39 is 0 Å². The van der Waals surface area contributed by atoms with Crippen molar-refractivity contribution in [3.8, 4) is 16.8 Å². The lowest BCUT2D eigenvalue weighted by molar-refractivity contribution is 0.660. The second kappa shape index (κ2) is 12.0. The van der Waals surface area contributed by atoms with E-state index in [4.69, 9.17) is 4.98 Å². The Balaban J connectivity index is 1.17. The first kappa shape index (κ1) is 32.7. The summed E-state index contributed by atoms with van der Waals surface area (Å²) in [6.07, 6.45) is 0. The normalized spacial score (nSPS) is 13.2. The molecule has 11 aromatic rings. The minimum absolute atomic E-state index is 0.115. The summed E-state index contributed by atoms with van der Waals surface area (Å²) in [4.78, 5) is 22.0. The standard InChI is InChI=1S/C53H36N4O/c1-53(2)46-21-11-10-20-42(46)44-31-35(25-28-47(44)53)55(34-24-27-41-39-18-7-6-16-37(39)38-17-8-9-19-40(38)43(41)30-34)36-26-29-49-45(32-36)51-54-48-22-12-13-23-50(48)57(51)52(58)56(49)33-14-4-3-5-15-33/h3-32H,1-2H3. The van der Waals surface area contributed by atoms with Crippen molar-refractivity contribution in [3.63, 3.8) is 0 Å². The van der Waals surface area contributed by atoms with Gasteiger partial charge in [-0.2, -0.15) is 0 Å².